The molecule has 3 aromatic rings. The third-order valence-electron chi connectivity index (χ3n) is 8.06. The maximum atomic E-state index is 13.4. The van der Waals surface area contributed by atoms with Gasteiger partial charge in [0.05, 0.1) is 6.54 Å². The minimum Gasteiger partial charge on any atom is -0.480 e. The predicted molar refractivity (Wildman–Crippen MR) is 152 cm³/mol. The van der Waals surface area contributed by atoms with E-state index in [9.17, 15) is 24.3 Å². The van der Waals surface area contributed by atoms with E-state index >= 15 is 0 Å². The number of ether oxygens (including phenoxy) is 1. The maximum Gasteiger partial charge on any atom is 0.407 e. The van der Waals surface area contributed by atoms with Crippen LogP contribution in [0.2, 0.25) is 0 Å². The maximum absolute atomic E-state index is 13.4. The van der Waals surface area contributed by atoms with Crippen molar-refractivity contribution >= 4 is 23.9 Å². The average molecular weight is 556 g/mol. The zero-order valence-electron chi connectivity index (χ0n) is 23.2. The molecule has 1 aliphatic heterocycles. The van der Waals surface area contributed by atoms with Crippen LogP contribution in [0.4, 0.5) is 4.79 Å². The number of alkyl carbamates (subject to hydrolysis) is 1. The zero-order valence-corrected chi connectivity index (χ0v) is 23.2. The third kappa shape index (κ3) is 5.15. The van der Waals surface area contributed by atoms with E-state index in [1.54, 1.807) is 0 Å². The van der Waals surface area contributed by atoms with Gasteiger partial charge in [-0.1, -0.05) is 78.9 Å². The molecule has 9 heteroatoms. The second-order valence-electron chi connectivity index (χ2n) is 11.2. The highest BCUT2D eigenvalue weighted by molar-refractivity contribution is 6.01. The molecule has 212 valence electrons. The molecular formula is C32H33N3O6. The summed E-state index contributed by atoms with van der Waals surface area (Å²) in [4.78, 5) is 52.4. The Labute approximate surface area is 238 Å². The second-order valence-corrected chi connectivity index (χ2v) is 11.2. The van der Waals surface area contributed by atoms with Gasteiger partial charge in [-0.05, 0) is 48.6 Å². The number of amides is 3. The molecule has 3 N–H and O–H groups in total. The number of hydrogen-bond donors (Lipinski definition) is 3. The van der Waals surface area contributed by atoms with Gasteiger partial charge >= 0.3 is 12.1 Å². The van der Waals surface area contributed by atoms with E-state index in [1.807, 2.05) is 78.9 Å². The van der Waals surface area contributed by atoms with Crippen molar-refractivity contribution in [1.29, 1.82) is 0 Å². The molecule has 3 aromatic carbocycles. The summed E-state index contributed by atoms with van der Waals surface area (Å²) in [6, 6.07) is 24.2. The standard InChI is InChI=1S/C32H33N3O6/c1-20(33-30(40)41-18-26-24-15-9-7-13-22(24)23-14-8-10-16-25(23)26)27(36)34-32(17-21-11-5-4-6-12-21)19-35(28(32)37)31(2,3)29(38)39/h4-16,20,26H,17-19H2,1-3H3,(H,33,40)(H,34,36)(H,38,39)/t20-,32?/m0/s1. The molecule has 0 spiro atoms. The number of likely N-dealkylation sites (tertiary alicyclic amines) is 1. The minimum atomic E-state index is -1.44. The summed E-state index contributed by atoms with van der Waals surface area (Å²) in [5, 5.41) is 15.0. The quantitative estimate of drug-likeness (QED) is 0.346. The molecular weight excluding hydrogens is 522 g/mol. The van der Waals surface area contributed by atoms with Gasteiger partial charge in [0.1, 0.15) is 23.7 Å². The minimum absolute atomic E-state index is 0.0173. The summed E-state index contributed by atoms with van der Waals surface area (Å²) < 4.78 is 5.57. The monoisotopic (exact) mass is 555 g/mol. The second kappa shape index (κ2) is 10.7. The highest BCUT2D eigenvalue weighted by Crippen LogP contribution is 2.44. The molecule has 1 unspecified atom stereocenters. The van der Waals surface area contributed by atoms with E-state index in [1.165, 1.54) is 25.7 Å². The number of carboxylic acids is 1. The molecule has 2 atom stereocenters. The summed E-state index contributed by atoms with van der Waals surface area (Å²) in [7, 11) is 0. The first-order valence-electron chi connectivity index (χ1n) is 13.6. The van der Waals surface area contributed by atoms with Crippen molar-refractivity contribution in [3.63, 3.8) is 0 Å². The van der Waals surface area contributed by atoms with Gasteiger partial charge in [0.15, 0.2) is 0 Å². The molecule has 9 nitrogen and oxygen atoms in total. The van der Waals surface area contributed by atoms with Gasteiger partial charge in [0.25, 0.3) is 5.91 Å². The Morgan fingerprint density at radius 2 is 1.54 bits per heavy atom. The normalized spacial score (nSPS) is 18.5. The van der Waals surface area contributed by atoms with Crippen LogP contribution in [0.1, 0.15) is 43.4 Å². The van der Waals surface area contributed by atoms with Gasteiger partial charge < -0.3 is 25.4 Å². The summed E-state index contributed by atoms with van der Waals surface area (Å²) in [6.07, 6.45) is -0.567. The predicted octanol–water partition coefficient (Wildman–Crippen LogP) is 3.72. The Morgan fingerprint density at radius 3 is 2.10 bits per heavy atom. The zero-order chi connectivity index (χ0) is 29.4. The topological polar surface area (TPSA) is 125 Å². The smallest absolute Gasteiger partial charge is 0.407 e. The van der Waals surface area contributed by atoms with E-state index in [0.29, 0.717) is 0 Å². The molecule has 0 radical (unpaired) electrons. The van der Waals surface area contributed by atoms with Crippen molar-refractivity contribution in [1.82, 2.24) is 15.5 Å². The van der Waals surface area contributed by atoms with Crippen molar-refractivity contribution in [2.75, 3.05) is 13.2 Å². The van der Waals surface area contributed by atoms with Crippen molar-refractivity contribution in [2.45, 2.75) is 50.2 Å². The van der Waals surface area contributed by atoms with Crippen LogP contribution in [0.25, 0.3) is 11.1 Å². The van der Waals surface area contributed by atoms with Crippen LogP contribution in [0.15, 0.2) is 78.9 Å². The van der Waals surface area contributed by atoms with Crippen LogP contribution < -0.4 is 10.6 Å². The third-order valence-corrected chi connectivity index (χ3v) is 8.06. The summed E-state index contributed by atoms with van der Waals surface area (Å²) in [5.41, 5.74) is 2.42. The number of rotatable bonds is 9. The van der Waals surface area contributed by atoms with E-state index < -0.39 is 41.0 Å². The number of carbonyl (C=O) groups is 4. The number of aliphatic carboxylic acids is 1. The lowest BCUT2D eigenvalue weighted by Gasteiger charge is -2.54. The van der Waals surface area contributed by atoms with Gasteiger partial charge in [0.2, 0.25) is 5.91 Å². The SMILES string of the molecule is C[C@H](NC(=O)OCC1c2ccccc2-c2ccccc21)C(=O)NC1(Cc2ccccc2)CN(C(C)(C)C(=O)O)C1=O. The molecule has 41 heavy (non-hydrogen) atoms. The van der Waals surface area contributed by atoms with E-state index in [2.05, 4.69) is 10.6 Å². The van der Waals surface area contributed by atoms with E-state index in [0.717, 1.165) is 27.8 Å². The number of hydrogen-bond acceptors (Lipinski definition) is 5. The fraction of sp³-hybridized carbons (Fsp3) is 0.312. The van der Waals surface area contributed by atoms with Crippen LogP contribution in [-0.2, 0) is 25.5 Å². The summed E-state index contributed by atoms with van der Waals surface area (Å²) in [5.74, 6) is -2.33. The number of fused-ring (bicyclic) bond motifs is 3. The lowest BCUT2D eigenvalue weighted by molar-refractivity contribution is -0.174. The fourth-order valence-corrected chi connectivity index (χ4v) is 5.58. The molecule has 1 aliphatic carbocycles. The molecule has 5 rings (SSSR count). The molecule has 1 saturated heterocycles. The summed E-state index contributed by atoms with van der Waals surface area (Å²) in [6.45, 7) is 4.52. The summed E-state index contributed by atoms with van der Waals surface area (Å²) >= 11 is 0. The molecule has 0 bridgehead atoms. The Balaban J connectivity index is 1.24. The molecule has 1 heterocycles. The highest BCUT2D eigenvalue weighted by atomic mass is 16.5. The van der Waals surface area contributed by atoms with Crippen LogP contribution in [0.5, 0.6) is 0 Å². The van der Waals surface area contributed by atoms with Gasteiger partial charge in [-0.2, -0.15) is 0 Å². The Bertz CT molecular complexity index is 1460. The van der Waals surface area contributed by atoms with Crippen LogP contribution in [0.3, 0.4) is 0 Å². The molecule has 0 saturated carbocycles. The number of nitrogens with zero attached hydrogens (tertiary/aromatic N) is 1. The number of carboxylic acid groups (broad SMARTS) is 1. The van der Waals surface area contributed by atoms with Crippen molar-refractivity contribution < 1.29 is 29.0 Å². The number of nitrogens with one attached hydrogen (secondary N) is 2. The highest BCUT2D eigenvalue weighted by Gasteiger charge is 2.59. The van der Waals surface area contributed by atoms with Gasteiger partial charge in [-0.25, -0.2) is 9.59 Å². The number of β-lactam (4-membered cyclic amide) rings is 1. The lowest BCUT2D eigenvalue weighted by atomic mass is 9.78. The molecule has 1 fully saturated rings. The average Bonchev–Trinajstić information content (AvgIpc) is 3.28. The lowest BCUT2D eigenvalue weighted by Crippen LogP contribution is -2.80. The van der Waals surface area contributed by atoms with Crippen molar-refractivity contribution in [2.24, 2.45) is 0 Å². The van der Waals surface area contributed by atoms with Crippen LogP contribution in [-0.4, -0.2) is 64.2 Å². The largest absolute Gasteiger partial charge is 0.480 e. The Hall–Kier alpha value is -4.66. The first-order chi connectivity index (χ1) is 19.5. The van der Waals surface area contributed by atoms with Crippen LogP contribution in [0, 0.1) is 0 Å². The van der Waals surface area contributed by atoms with Gasteiger partial charge in [0, 0.05) is 12.3 Å². The Morgan fingerprint density at radius 1 is 0.976 bits per heavy atom. The number of carbonyl (C=O) groups excluding carboxylic acids is 3. The molecule has 0 aromatic heterocycles. The fourth-order valence-electron chi connectivity index (χ4n) is 5.58. The van der Waals surface area contributed by atoms with E-state index in [4.69, 9.17) is 4.74 Å². The number of benzene rings is 3. The van der Waals surface area contributed by atoms with Crippen LogP contribution >= 0.6 is 0 Å². The van der Waals surface area contributed by atoms with Gasteiger partial charge in [-0.3, -0.25) is 9.59 Å². The molecule has 2 aliphatic rings. The first kappa shape index (κ1) is 27.9. The van der Waals surface area contributed by atoms with Gasteiger partial charge in [-0.15, -0.1) is 0 Å². The Kier molecular flexibility index (Phi) is 7.29. The van der Waals surface area contributed by atoms with Crippen molar-refractivity contribution in [3.8, 4) is 11.1 Å². The first-order valence-corrected chi connectivity index (χ1v) is 13.6. The van der Waals surface area contributed by atoms with Crippen molar-refractivity contribution in [3.05, 3.63) is 95.6 Å². The van der Waals surface area contributed by atoms with E-state index in [-0.39, 0.29) is 25.5 Å². The molecule has 3 amide bonds.